The number of unbranched alkanes of at least 4 members (excludes halogenated alkanes) is 1. The number of anilines is 1. The first-order valence-corrected chi connectivity index (χ1v) is 9.39. The second kappa shape index (κ2) is 8.86. The van der Waals surface area contributed by atoms with Crippen molar-refractivity contribution in [2.75, 3.05) is 18.0 Å². The highest BCUT2D eigenvalue weighted by Gasteiger charge is 2.34. The molecule has 0 aromatic heterocycles. The van der Waals surface area contributed by atoms with Crippen molar-refractivity contribution in [3.8, 4) is 0 Å². The Hall–Kier alpha value is -2.33. The van der Waals surface area contributed by atoms with E-state index in [4.69, 9.17) is 11.6 Å². The van der Waals surface area contributed by atoms with Gasteiger partial charge >= 0.3 is 0 Å². The molecule has 1 fully saturated rings. The molecule has 26 heavy (non-hydrogen) atoms. The quantitative estimate of drug-likeness (QED) is 0.753. The SMILES string of the molecule is O=C(NCCCCc1ccccc1)[C@H]1CC(=O)N(c2cccc(Cl)c2)C1. The Labute approximate surface area is 159 Å². The predicted octanol–water partition coefficient (Wildman–Crippen LogP) is 3.83. The monoisotopic (exact) mass is 370 g/mol. The topological polar surface area (TPSA) is 49.4 Å². The molecule has 0 unspecified atom stereocenters. The average Bonchev–Trinajstić information content (AvgIpc) is 3.04. The number of carbonyl (C=O) groups excluding carboxylic acids is 2. The molecule has 5 heteroatoms. The molecule has 0 radical (unpaired) electrons. The lowest BCUT2D eigenvalue weighted by Crippen LogP contribution is -2.33. The lowest BCUT2D eigenvalue weighted by Gasteiger charge is -2.17. The van der Waals surface area contributed by atoms with Crippen LogP contribution in [0.15, 0.2) is 54.6 Å². The molecule has 1 aliphatic heterocycles. The van der Waals surface area contributed by atoms with Crippen molar-refractivity contribution in [3.63, 3.8) is 0 Å². The normalized spacial score (nSPS) is 16.7. The Balaban J connectivity index is 1.42. The van der Waals surface area contributed by atoms with E-state index in [1.54, 1.807) is 17.0 Å². The fraction of sp³-hybridized carbons (Fsp3) is 0.333. The van der Waals surface area contributed by atoms with Gasteiger partial charge in [-0.1, -0.05) is 48.0 Å². The highest BCUT2D eigenvalue weighted by Crippen LogP contribution is 2.27. The van der Waals surface area contributed by atoms with Crippen LogP contribution < -0.4 is 10.2 Å². The second-order valence-electron chi connectivity index (χ2n) is 6.62. The molecule has 3 rings (SSSR count). The first-order valence-electron chi connectivity index (χ1n) is 9.01. The molecule has 1 aliphatic rings. The van der Waals surface area contributed by atoms with E-state index in [0.717, 1.165) is 24.9 Å². The number of amides is 2. The molecule has 1 N–H and O–H groups in total. The molecule has 2 aromatic rings. The zero-order valence-electron chi connectivity index (χ0n) is 14.7. The third-order valence-corrected chi connectivity index (χ3v) is 4.89. The van der Waals surface area contributed by atoms with Gasteiger partial charge in [-0.15, -0.1) is 0 Å². The zero-order valence-corrected chi connectivity index (χ0v) is 15.4. The van der Waals surface area contributed by atoms with Crippen LogP contribution in [0, 0.1) is 5.92 Å². The predicted molar refractivity (Wildman–Crippen MR) is 104 cm³/mol. The molecule has 0 aliphatic carbocycles. The second-order valence-corrected chi connectivity index (χ2v) is 7.06. The van der Waals surface area contributed by atoms with Gasteiger partial charge in [0.1, 0.15) is 0 Å². The molecule has 0 spiro atoms. The average molecular weight is 371 g/mol. The van der Waals surface area contributed by atoms with Crippen molar-refractivity contribution in [1.82, 2.24) is 5.32 Å². The third-order valence-electron chi connectivity index (χ3n) is 4.65. The number of nitrogens with one attached hydrogen (secondary N) is 1. The number of carbonyl (C=O) groups is 2. The summed E-state index contributed by atoms with van der Waals surface area (Å²) in [6, 6.07) is 17.5. The summed E-state index contributed by atoms with van der Waals surface area (Å²) in [6.45, 7) is 1.06. The van der Waals surface area contributed by atoms with Crippen LogP contribution in [-0.4, -0.2) is 24.9 Å². The molecule has 2 aromatic carbocycles. The Kier molecular flexibility index (Phi) is 6.29. The first-order chi connectivity index (χ1) is 12.6. The van der Waals surface area contributed by atoms with Crippen molar-refractivity contribution in [2.45, 2.75) is 25.7 Å². The Morgan fingerprint density at radius 1 is 1.12 bits per heavy atom. The van der Waals surface area contributed by atoms with Crippen LogP contribution in [0.3, 0.4) is 0 Å². The molecule has 136 valence electrons. The summed E-state index contributed by atoms with van der Waals surface area (Å²) >= 11 is 6.00. The highest BCUT2D eigenvalue weighted by atomic mass is 35.5. The van der Waals surface area contributed by atoms with Gasteiger partial charge in [0, 0.05) is 30.2 Å². The van der Waals surface area contributed by atoms with Gasteiger partial charge in [-0.05, 0) is 43.0 Å². The van der Waals surface area contributed by atoms with E-state index in [2.05, 4.69) is 17.4 Å². The van der Waals surface area contributed by atoms with Crippen LogP contribution in [0.5, 0.6) is 0 Å². The smallest absolute Gasteiger partial charge is 0.227 e. The largest absolute Gasteiger partial charge is 0.356 e. The molecular formula is C21H23ClN2O2. The van der Waals surface area contributed by atoms with Crippen molar-refractivity contribution in [3.05, 3.63) is 65.2 Å². The van der Waals surface area contributed by atoms with Gasteiger partial charge in [-0.2, -0.15) is 0 Å². The summed E-state index contributed by atoms with van der Waals surface area (Å²) in [6.07, 6.45) is 3.23. The van der Waals surface area contributed by atoms with Crippen LogP contribution in [0.25, 0.3) is 0 Å². The summed E-state index contributed by atoms with van der Waals surface area (Å²) in [7, 11) is 0. The Bertz CT molecular complexity index is 764. The number of hydrogen-bond acceptors (Lipinski definition) is 2. The van der Waals surface area contributed by atoms with Gasteiger partial charge in [0.2, 0.25) is 11.8 Å². The standard InChI is InChI=1S/C21H23ClN2O2/c22-18-10-6-11-19(14-18)24-15-17(13-20(24)25)21(26)23-12-5-4-9-16-7-2-1-3-8-16/h1-3,6-8,10-11,14,17H,4-5,9,12-13,15H2,(H,23,26)/t17-/m0/s1. The van der Waals surface area contributed by atoms with Gasteiger partial charge in [0.25, 0.3) is 0 Å². The van der Waals surface area contributed by atoms with E-state index < -0.39 is 0 Å². The van der Waals surface area contributed by atoms with Gasteiger partial charge in [-0.25, -0.2) is 0 Å². The Morgan fingerprint density at radius 2 is 1.92 bits per heavy atom. The first kappa shape index (κ1) is 18.5. The summed E-state index contributed by atoms with van der Waals surface area (Å²) in [4.78, 5) is 26.2. The lowest BCUT2D eigenvalue weighted by molar-refractivity contribution is -0.126. The summed E-state index contributed by atoms with van der Waals surface area (Å²) in [5.41, 5.74) is 2.07. The van der Waals surface area contributed by atoms with Crippen LogP contribution >= 0.6 is 11.6 Å². The number of nitrogens with zero attached hydrogens (tertiary/aromatic N) is 1. The van der Waals surface area contributed by atoms with Crippen LogP contribution in [0.2, 0.25) is 5.02 Å². The maximum Gasteiger partial charge on any atom is 0.227 e. The molecule has 4 nitrogen and oxygen atoms in total. The molecule has 1 heterocycles. The van der Waals surface area contributed by atoms with E-state index in [0.29, 0.717) is 18.1 Å². The minimum Gasteiger partial charge on any atom is -0.356 e. The van der Waals surface area contributed by atoms with Crippen molar-refractivity contribution < 1.29 is 9.59 Å². The highest BCUT2D eigenvalue weighted by molar-refractivity contribution is 6.30. The molecule has 1 atom stereocenters. The maximum atomic E-state index is 12.4. The summed E-state index contributed by atoms with van der Waals surface area (Å²) < 4.78 is 0. The summed E-state index contributed by atoms with van der Waals surface area (Å²) in [5.74, 6) is -0.366. The van der Waals surface area contributed by atoms with Crippen LogP contribution in [0.4, 0.5) is 5.69 Å². The minimum absolute atomic E-state index is 0.0310. The van der Waals surface area contributed by atoms with Crippen molar-refractivity contribution >= 4 is 29.1 Å². The van der Waals surface area contributed by atoms with E-state index in [-0.39, 0.29) is 24.2 Å². The molecular weight excluding hydrogens is 348 g/mol. The van der Waals surface area contributed by atoms with E-state index in [1.165, 1.54) is 5.56 Å². The Morgan fingerprint density at radius 3 is 2.69 bits per heavy atom. The van der Waals surface area contributed by atoms with E-state index in [1.807, 2.05) is 30.3 Å². The fourth-order valence-electron chi connectivity index (χ4n) is 3.23. The zero-order chi connectivity index (χ0) is 18.4. The van der Waals surface area contributed by atoms with Crippen molar-refractivity contribution in [1.29, 1.82) is 0 Å². The molecule has 1 saturated heterocycles. The number of rotatable bonds is 7. The number of hydrogen-bond donors (Lipinski definition) is 1. The number of benzene rings is 2. The van der Waals surface area contributed by atoms with Crippen LogP contribution in [0.1, 0.15) is 24.8 Å². The van der Waals surface area contributed by atoms with Gasteiger partial charge in [-0.3, -0.25) is 9.59 Å². The number of halogens is 1. The van der Waals surface area contributed by atoms with Gasteiger partial charge < -0.3 is 10.2 Å². The minimum atomic E-state index is -0.296. The van der Waals surface area contributed by atoms with Gasteiger partial charge in [0.15, 0.2) is 0 Å². The van der Waals surface area contributed by atoms with E-state index in [9.17, 15) is 9.59 Å². The molecule has 0 bridgehead atoms. The fourth-order valence-corrected chi connectivity index (χ4v) is 3.42. The lowest BCUT2D eigenvalue weighted by atomic mass is 10.1. The molecule has 0 saturated carbocycles. The van der Waals surface area contributed by atoms with E-state index >= 15 is 0 Å². The van der Waals surface area contributed by atoms with Crippen LogP contribution in [-0.2, 0) is 16.0 Å². The number of aryl methyl sites for hydroxylation is 1. The summed E-state index contributed by atoms with van der Waals surface area (Å²) in [5, 5.41) is 3.56. The van der Waals surface area contributed by atoms with Gasteiger partial charge in [0.05, 0.1) is 5.92 Å². The molecule has 2 amide bonds. The van der Waals surface area contributed by atoms with Crippen molar-refractivity contribution in [2.24, 2.45) is 5.92 Å². The maximum absolute atomic E-state index is 12.4. The third kappa shape index (κ3) is 4.85.